The first-order valence-corrected chi connectivity index (χ1v) is 7.18. The number of hydrogen-bond acceptors (Lipinski definition) is 0. The average Bonchev–Trinajstić information content (AvgIpc) is 2.40. The van der Waals surface area contributed by atoms with Crippen LogP contribution >= 0.6 is 0 Å². The van der Waals surface area contributed by atoms with Gasteiger partial charge in [0.1, 0.15) is 0 Å². The summed E-state index contributed by atoms with van der Waals surface area (Å²) in [4.78, 5) is 0. The molecular weight excluding hydrogens is 204 g/mol. The van der Waals surface area contributed by atoms with Crippen LogP contribution in [0.15, 0.2) is 36.5 Å². The van der Waals surface area contributed by atoms with E-state index in [1.807, 2.05) is 26.8 Å². The molecule has 0 N–H and O–H groups in total. The second-order valence-electron chi connectivity index (χ2n) is 4.23. The lowest BCUT2D eigenvalue weighted by Crippen LogP contribution is -1.91. The second kappa shape index (κ2) is 15.2. The van der Waals surface area contributed by atoms with Crippen LogP contribution in [-0.2, 0) is 0 Å². The molecule has 0 fully saturated rings. The van der Waals surface area contributed by atoms with Crippen molar-refractivity contribution in [3.63, 3.8) is 0 Å². The van der Waals surface area contributed by atoms with Crippen LogP contribution in [0.25, 0.3) is 0 Å². The normalized spacial score (nSPS) is 13.1. The zero-order valence-electron chi connectivity index (χ0n) is 12.6. The third-order valence-corrected chi connectivity index (χ3v) is 2.87. The Morgan fingerprint density at radius 2 is 1.88 bits per heavy atom. The third-order valence-electron chi connectivity index (χ3n) is 2.87. The SMILES string of the molecule is C=C/C(=C\C=C/C)CCCCC(C)CC.CC. The van der Waals surface area contributed by atoms with E-state index in [9.17, 15) is 0 Å². The van der Waals surface area contributed by atoms with Crippen LogP contribution in [0.3, 0.4) is 0 Å². The molecule has 0 radical (unpaired) electrons. The Bertz CT molecular complexity index is 208. The molecule has 1 atom stereocenters. The number of unbranched alkanes of at least 4 members (excludes halogenated alkanes) is 1. The molecule has 0 aliphatic rings. The lowest BCUT2D eigenvalue weighted by atomic mass is 9.99. The molecule has 0 aliphatic carbocycles. The molecule has 0 spiro atoms. The molecule has 0 heterocycles. The molecule has 0 nitrogen and oxygen atoms in total. The molecule has 0 saturated carbocycles. The van der Waals surface area contributed by atoms with E-state index in [0.717, 1.165) is 5.92 Å². The summed E-state index contributed by atoms with van der Waals surface area (Å²) in [5.74, 6) is 0.886. The van der Waals surface area contributed by atoms with Crippen LogP contribution < -0.4 is 0 Å². The zero-order chi connectivity index (χ0) is 13.5. The zero-order valence-corrected chi connectivity index (χ0v) is 12.6. The van der Waals surface area contributed by atoms with Crippen LogP contribution in [0.2, 0.25) is 0 Å². The van der Waals surface area contributed by atoms with Gasteiger partial charge in [0.05, 0.1) is 0 Å². The fraction of sp³-hybridized carbons (Fsp3) is 0.647. The molecule has 0 aliphatic heterocycles. The molecule has 1 unspecified atom stereocenters. The molecule has 0 bridgehead atoms. The van der Waals surface area contributed by atoms with Gasteiger partial charge in [-0.2, -0.15) is 0 Å². The van der Waals surface area contributed by atoms with Crippen molar-refractivity contribution < 1.29 is 0 Å². The Labute approximate surface area is 110 Å². The van der Waals surface area contributed by atoms with Gasteiger partial charge in [0, 0.05) is 0 Å². The van der Waals surface area contributed by atoms with Crippen LogP contribution in [0.5, 0.6) is 0 Å². The van der Waals surface area contributed by atoms with E-state index in [2.05, 4.69) is 38.7 Å². The Morgan fingerprint density at radius 1 is 1.24 bits per heavy atom. The maximum Gasteiger partial charge on any atom is -0.0279 e. The van der Waals surface area contributed by atoms with Gasteiger partial charge < -0.3 is 0 Å². The summed E-state index contributed by atoms with van der Waals surface area (Å²) in [6.07, 6.45) is 14.8. The minimum atomic E-state index is 0.886. The largest absolute Gasteiger partial charge is 0.0988 e. The van der Waals surface area contributed by atoms with Gasteiger partial charge in [0.15, 0.2) is 0 Å². The Hall–Kier alpha value is -0.780. The molecule has 100 valence electrons. The van der Waals surface area contributed by atoms with Gasteiger partial charge in [-0.25, -0.2) is 0 Å². The molecule has 0 heteroatoms. The van der Waals surface area contributed by atoms with E-state index in [0.29, 0.717) is 0 Å². The van der Waals surface area contributed by atoms with Crippen LogP contribution in [0.4, 0.5) is 0 Å². The predicted octanol–water partition coefficient (Wildman–Crippen LogP) is 6.31. The lowest BCUT2D eigenvalue weighted by molar-refractivity contribution is 0.485. The van der Waals surface area contributed by atoms with Crippen molar-refractivity contribution in [3.05, 3.63) is 36.5 Å². The Balaban J connectivity index is 0. The fourth-order valence-electron chi connectivity index (χ4n) is 1.50. The first kappa shape index (κ1) is 18.6. The van der Waals surface area contributed by atoms with Gasteiger partial charge >= 0.3 is 0 Å². The third kappa shape index (κ3) is 13.2. The average molecular weight is 236 g/mol. The first-order valence-electron chi connectivity index (χ1n) is 7.18. The van der Waals surface area contributed by atoms with Crippen molar-refractivity contribution >= 4 is 0 Å². The number of allylic oxidation sites excluding steroid dienone is 5. The molecule has 0 aromatic carbocycles. The summed E-state index contributed by atoms with van der Waals surface area (Å²) >= 11 is 0. The second-order valence-corrected chi connectivity index (χ2v) is 4.23. The molecule has 0 aromatic heterocycles. The summed E-state index contributed by atoms with van der Waals surface area (Å²) in [6.45, 7) is 14.5. The van der Waals surface area contributed by atoms with Gasteiger partial charge in [-0.15, -0.1) is 0 Å². The minimum Gasteiger partial charge on any atom is -0.0988 e. The topological polar surface area (TPSA) is 0 Å². The van der Waals surface area contributed by atoms with Gasteiger partial charge in [-0.3, -0.25) is 0 Å². The molecule has 0 rings (SSSR count). The van der Waals surface area contributed by atoms with Crippen molar-refractivity contribution in [2.75, 3.05) is 0 Å². The lowest BCUT2D eigenvalue weighted by Gasteiger charge is -2.07. The molecule has 0 saturated heterocycles. The van der Waals surface area contributed by atoms with Gasteiger partial charge in [0.2, 0.25) is 0 Å². The smallest absolute Gasteiger partial charge is 0.0279 e. The molecule has 17 heavy (non-hydrogen) atoms. The predicted molar refractivity (Wildman–Crippen MR) is 82.4 cm³/mol. The molecule has 0 amide bonds. The maximum atomic E-state index is 3.84. The minimum absolute atomic E-state index is 0.886. The highest BCUT2D eigenvalue weighted by Gasteiger charge is 1.98. The van der Waals surface area contributed by atoms with Crippen LogP contribution in [0, 0.1) is 5.92 Å². The summed E-state index contributed by atoms with van der Waals surface area (Å²) in [5, 5.41) is 0. The highest BCUT2D eigenvalue weighted by Crippen LogP contribution is 2.15. The highest BCUT2D eigenvalue weighted by molar-refractivity contribution is 5.21. The number of rotatable bonds is 8. The van der Waals surface area contributed by atoms with E-state index < -0.39 is 0 Å². The summed E-state index contributed by atoms with van der Waals surface area (Å²) in [5.41, 5.74) is 1.36. The summed E-state index contributed by atoms with van der Waals surface area (Å²) in [7, 11) is 0. The van der Waals surface area contributed by atoms with E-state index in [1.165, 1.54) is 37.7 Å². The van der Waals surface area contributed by atoms with E-state index in [1.54, 1.807) is 0 Å². The summed E-state index contributed by atoms with van der Waals surface area (Å²) in [6, 6.07) is 0. The fourth-order valence-corrected chi connectivity index (χ4v) is 1.50. The standard InChI is InChI=1S/C15H26.C2H6/c1-5-8-12-15(7-3)13-10-9-11-14(4)6-2;1-2/h5,7-8,12,14H,3,6,9-11,13H2,1-2,4H3;1-2H3/b8-5-,15-12+;. The van der Waals surface area contributed by atoms with E-state index >= 15 is 0 Å². The van der Waals surface area contributed by atoms with Gasteiger partial charge in [-0.05, 0) is 31.3 Å². The number of hydrogen-bond donors (Lipinski definition) is 0. The van der Waals surface area contributed by atoms with Crippen molar-refractivity contribution in [2.24, 2.45) is 5.92 Å². The maximum absolute atomic E-state index is 3.84. The van der Waals surface area contributed by atoms with Crippen molar-refractivity contribution in [2.45, 2.75) is 66.7 Å². The van der Waals surface area contributed by atoms with Crippen LogP contribution in [-0.4, -0.2) is 0 Å². The van der Waals surface area contributed by atoms with Gasteiger partial charge in [0.25, 0.3) is 0 Å². The summed E-state index contributed by atoms with van der Waals surface area (Å²) < 4.78 is 0. The Kier molecular flexibility index (Phi) is 16.6. The van der Waals surface area contributed by atoms with Gasteiger partial charge in [-0.1, -0.05) is 77.8 Å². The monoisotopic (exact) mass is 236 g/mol. The van der Waals surface area contributed by atoms with Crippen LogP contribution in [0.1, 0.15) is 66.7 Å². The van der Waals surface area contributed by atoms with Crippen molar-refractivity contribution in [3.8, 4) is 0 Å². The van der Waals surface area contributed by atoms with Crippen molar-refractivity contribution in [1.82, 2.24) is 0 Å². The highest BCUT2D eigenvalue weighted by atomic mass is 14.0. The van der Waals surface area contributed by atoms with E-state index in [-0.39, 0.29) is 0 Å². The van der Waals surface area contributed by atoms with Crippen molar-refractivity contribution in [1.29, 1.82) is 0 Å². The molecule has 0 aromatic rings. The first-order chi connectivity index (χ1) is 8.24. The Morgan fingerprint density at radius 3 is 2.35 bits per heavy atom. The quantitative estimate of drug-likeness (QED) is 0.342. The van der Waals surface area contributed by atoms with E-state index in [4.69, 9.17) is 0 Å². The molecular formula is C17H32.